The molecule has 3 aromatic rings. The van der Waals surface area contributed by atoms with Crippen LogP contribution in [0.2, 0.25) is 5.02 Å². The Labute approximate surface area is 127 Å². The third-order valence-corrected chi connectivity index (χ3v) is 4.22. The lowest BCUT2D eigenvalue weighted by Crippen LogP contribution is -1.90. The second kappa shape index (κ2) is 5.73. The third kappa shape index (κ3) is 2.89. The molecule has 4 heteroatoms. The Bertz CT molecular complexity index is 737. The van der Waals surface area contributed by atoms with Crippen LogP contribution in [0.1, 0.15) is 16.3 Å². The van der Waals surface area contributed by atoms with E-state index in [4.69, 9.17) is 11.6 Å². The molecule has 0 aliphatic heterocycles. The molecule has 0 saturated carbocycles. The van der Waals surface area contributed by atoms with Crippen LogP contribution in [-0.4, -0.2) is 9.97 Å². The predicted molar refractivity (Wildman–Crippen MR) is 84.3 cm³/mol. The maximum absolute atomic E-state index is 6.18. The lowest BCUT2D eigenvalue weighted by Gasteiger charge is -2.00. The van der Waals surface area contributed by atoms with E-state index < -0.39 is 0 Å². The summed E-state index contributed by atoms with van der Waals surface area (Å²) in [5.41, 5.74) is 3.96. The van der Waals surface area contributed by atoms with E-state index in [-0.39, 0.29) is 0 Å². The summed E-state index contributed by atoms with van der Waals surface area (Å²) in [5.74, 6) is 0. The van der Waals surface area contributed by atoms with Gasteiger partial charge in [-0.05, 0) is 30.7 Å². The predicted octanol–water partition coefficient (Wildman–Crippen LogP) is 4.76. The molecule has 100 valence electrons. The van der Waals surface area contributed by atoms with Crippen molar-refractivity contribution in [1.29, 1.82) is 0 Å². The van der Waals surface area contributed by atoms with E-state index in [1.54, 1.807) is 11.3 Å². The molecule has 0 unspecified atom stereocenters. The molecule has 1 aromatic carbocycles. The Morgan fingerprint density at radius 2 is 1.85 bits per heavy atom. The van der Waals surface area contributed by atoms with Crippen LogP contribution in [0.25, 0.3) is 11.4 Å². The van der Waals surface area contributed by atoms with Crippen LogP contribution in [-0.2, 0) is 6.42 Å². The first-order valence-corrected chi connectivity index (χ1v) is 7.60. The second-order valence-corrected chi connectivity index (χ2v) is 5.91. The highest BCUT2D eigenvalue weighted by Crippen LogP contribution is 2.24. The summed E-state index contributed by atoms with van der Waals surface area (Å²) in [5, 5.41) is 3.89. The molecule has 0 N–H and O–H groups in total. The topological polar surface area (TPSA) is 25.8 Å². The molecule has 0 aliphatic rings. The largest absolute Gasteiger partial charge is 0.251 e. The molecule has 2 nitrogen and oxygen atoms in total. The van der Waals surface area contributed by atoms with Gasteiger partial charge in [0.15, 0.2) is 0 Å². The molecule has 0 atom stereocenters. The van der Waals surface area contributed by atoms with Gasteiger partial charge in [-0.25, -0.2) is 4.98 Å². The van der Waals surface area contributed by atoms with Gasteiger partial charge in [0, 0.05) is 22.5 Å². The number of hydrogen-bond donors (Lipinski definition) is 0. The molecular formula is C16H13ClN2S. The highest BCUT2D eigenvalue weighted by atomic mass is 35.5. The Hall–Kier alpha value is -1.71. The van der Waals surface area contributed by atoms with E-state index in [1.165, 1.54) is 0 Å². The Kier molecular flexibility index (Phi) is 3.81. The molecule has 0 aliphatic carbocycles. The van der Waals surface area contributed by atoms with Crippen molar-refractivity contribution in [3.63, 3.8) is 0 Å². The van der Waals surface area contributed by atoms with Gasteiger partial charge in [0.2, 0.25) is 0 Å². The molecule has 0 fully saturated rings. The summed E-state index contributed by atoms with van der Waals surface area (Å²) in [7, 11) is 0. The van der Waals surface area contributed by atoms with E-state index >= 15 is 0 Å². The maximum Gasteiger partial charge on any atom is 0.0998 e. The fourth-order valence-corrected chi connectivity index (χ4v) is 3.01. The van der Waals surface area contributed by atoms with Gasteiger partial charge in [-0.15, -0.1) is 11.3 Å². The van der Waals surface area contributed by atoms with Gasteiger partial charge in [0.25, 0.3) is 0 Å². The number of hydrogen-bond acceptors (Lipinski definition) is 3. The maximum atomic E-state index is 6.18. The molecule has 2 heterocycles. The molecule has 3 rings (SSSR count). The molecule has 0 bridgehead atoms. The minimum Gasteiger partial charge on any atom is -0.251 e. The van der Waals surface area contributed by atoms with Crippen molar-refractivity contribution in [3.05, 3.63) is 69.1 Å². The first kappa shape index (κ1) is 13.3. The van der Waals surface area contributed by atoms with Crippen LogP contribution in [0.15, 0.2) is 47.8 Å². The molecule has 2 aromatic heterocycles. The van der Waals surface area contributed by atoms with Crippen molar-refractivity contribution < 1.29 is 0 Å². The fourth-order valence-electron chi connectivity index (χ4n) is 2.00. The monoisotopic (exact) mass is 300 g/mol. The summed E-state index contributed by atoms with van der Waals surface area (Å²) in [6.45, 7) is 1.99. The minimum absolute atomic E-state index is 0.760. The van der Waals surface area contributed by atoms with E-state index in [1.807, 2.05) is 54.8 Å². The van der Waals surface area contributed by atoms with Gasteiger partial charge in [-0.1, -0.05) is 35.9 Å². The number of thiazole rings is 1. The Morgan fingerprint density at radius 1 is 1.00 bits per heavy atom. The summed E-state index contributed by atoms with van der Waals surface area (Å²) < 4.78 is 0. The zero-order valence-corrected chi connectivity index (χ0v) is 12.6. The molecule has 0 radical (unpaired) electrons. The average Bonchev–Trinajstić information content (AvgIpc) is 2.90. The normalized spacial score (nSPS) is 10.7. The summed E-state index contributed by atoms with van der Waals surface area (Å²) in [4.78, 5) is 9.15. The molecule has 0 saturated heterocycles. The van der Waals surface area contributed by atoms with Crippen molar-refractivity contribution in [1.82, 2.24) is 9.97 Å². The van der Waals surface area contributed by atoms with Gasteiger partial charge < -0.3 is 0 Å². The summed E-state index contributed by atoms with van der Waals surface area (Å²) in [6, 6.07) is 13.9. The first-order chi connectivity index (χ1) is 9.72. The highest BCUT2D eigenvalue weighted by Gasteiger charge is 2.08. The average molecular weight is 301 g/mol. The lowest BCUT2D eigenvalue weighted by molar-refractivity contribution is 1.12. The SMILES string of the molecule is Cc1cccc(-c2csc(Cc3ccccc3Cl)n2)n1. The number of pyridine rings is 1. The number of aryl methyl sites for hydroxylation is 1. The number of benzene rings is 1. The number of halogens is 1. The molecular weight excluding hydrogens is 288 g/mol. The van der Waals surface area contributed by atoms with Crippen molar-refractivity contribution in [2.45, 2.75) is 13.3 Å². The molecule has 0 amide bonds. The van der Waals surface area contributed by atoms with Crippen molar-refractivity contribution in [2.24, 2.45) is 0 Å². The minimum atomic E-state index is 0.760. The van der Waals surface area contributed by atoms with Gasteiger partial charge in [-0.2, -0.15) is 0 Å². The van der Waals surface area contributed by atoms with Crippen LogP contribution >= 0.6 is 22.9 Å². The third-order valence-electron chi connectivity index (χ3n) is 3.00. The number of rotatable bonds is 3. The zero-order chi connectivity index (χ0) is 13.9. The lowest BCUT2D eigenvalue weighted by atomic mass is 10.1. The standard InChI is InChI=1S/C16H13ClN2S/c1-11-5-4-8-14(18-11)15-10-20-16(19-15)9-12-6-2-3-7-13(12)17/h2-8,10H,9H2,1H3. The van der Waals surface area contributed by atoms with Crippen LogP contribution in [0, 0.1) is 6.92 Å². The van der Waals surface area contributed by atoms with Crippen molar-refractivity contribution >= 4 is 22.9 Å². The molecule has 20 heavy (non-hydrogen) atoms. The van der Waals surface area contributed by atoms with E-state index in [9.17, 15) is 0 Å². The van der Waals surface area contributed by atoms with Crippen LogP contribution < -0.4 is 0 Å². The quantitative estimate of drug-likeness (QED) is 0.697. The van der Waals surface area contributed by atoms with Gasteiger partial charge in [-0.3, -0.25) is 4.98 Å². The van der Waals surface area contributed by atoms with Crippen molar-refractivity contribution in [2.75, 3.05) is 0 Å². The van der Waals surface area contributed by atoms with Gasteiger partial charge in [0.1, 0.15) is 0 Å². The van der Waals surface area contributed by atoms with E-state index in [2.05, 4.69) is 9.97 Å². The molecule has 0 spiro atoms. The Morgan fingerprint density at radius 3 is 2.65 bits per heavy atom. The van der Waals surface area contributed by atoms with Gasteiger partial charge >= 0.3 is 0 Å². The number of aromatic nitrogens is 2. The van der Waals surface area contributed by atoms with E-state index in [0.717, 1.165) is 39.1 Å². The smallest absolute Gasteiger partial charge is 0.0998 e. The summed E-state index contributed by atoms with van der Waals surface area (Å²) >= 11 is 7.83. The first-order valence-electron chi connectivity index (χ1n) is 6.34. The second-order valence-electron chi connectivity index (χ2n) is 4.56. The zero-order valence-electron chi connectivity index (χ0n) is 11.0. The van der Waals surface area contributed by atoms with Crippen LogP contribution in [0.3, 0.4) is 0 Å². The van der Waals surface area contributed by atoms with Crippen LogP contribution in [0.5, 0.6) is 0 Å². The highest BCUT2D eigenvalue weighted by molar-refractivity contribution is 7.10. The van der Waals surface area contributed by atoms with Crippen molar-refractivity contribution in [3.8, 4) is 11.4 Å². The van der Waals surface area contributed by atoms with Crippen LogP contribution in [0.4, 0.5) is 0 Å². The van der Waals surface area contributed by atoms with Gasteiger partial charge in [0.05, 0.1) is 16.4 Å². The van der Waals surface area contributed by atoms with E-state index in [0.29, 0.717) is 0 Å². The Balaban J connectivity index is 1.86. The summed E-state index contributed by atoms with van der Waals surface area (Å²) in [6.07, 6.45) is 0.760. The number of nitrogens with zero attached hydrogens (tertiary/aromatic N) is 2. The fraction of sp³-hybridized carbons (Fsp3) is 0.125.